The number of hydrogen-bond acceptors (Lipinski definition) is 4. The third-order valence-electron chi connectivity index (χ3n) is 3.79. The van der Waals surface area contributed by atoms with E-state index in [1.54, 1.807) is 12.1 Å². The van der Waals surface area contributed by atoms with Gasteiger partial charge in [-0.1, -0.05) is 11.6 Å². The fourth-order valence-corrected chi connectivity index (χ4v) is 4.98. The molecule has 2 aromatic rings. The van der Waals surface area contributed by atoms with E-state index in [9.17, 15) is 9.59 Å². The largest absolute Gasteiger partial charge is 0.365 e. The van der Waals surface area contributed by atoms with Crippen LogP contribution in [0.1, 0.15) is 37.6 Å². The van der Waals surface area contributed by atoms with Crippen LogP contribution in [0, 0.1) is 3.57 Å². The molecule has 0 saturated heterocycles. The summed E-state index contributed by atoms with van der Waals surface area (Å²) in [5.74, 6) is -0.901. The van der Waals surface area contributed by atoms with Gasteiger partial charge in [0.2, 0.25) is 0 Å². The van der Waals surface area contributed by atoms with Crippen LogP contribution in [-0.2, 0) is 12.8 Å². The summed E-state index contributed by atoms with van der Waals surface area (Å²) in [6.45, 7) is 0. The molecule has 0 radical (unpaired) electrons. The Morgan fingerprint density at radius 3 is 2.80 bits per heavy atom. The van der Waals surface area contributed by atoms with Crippen LogP contribution < -0.4 is 16.4 Å². The van der Waals surface area contributed by atoms with Crippen LogP contribution in [0.2, 0.25) is 5.02 Å². The standard InChI is InChI=1S/C16H13ClIN3O2S2/c17-10-5-4-7(18)6-9(10)14(23)20-16(24)21-15-12(13(19)22)8-2-1-3-11(8)25-15/h4-6H,1-3H2,(H2,19,22)(H2,20,21,23,24). The average Bonchev–Trinajstić information content (AvgIpc) is 3.09. The minimum atomic E-state index is -0.489. The zero-order valence-electron chi connectivity index (χ0n) is 12.8. The minimum absolute atomic E-state index is 0.0994. The predicted octanol–water partition coefficient (Wildman–Crippen LogP) is 3.72. The Morgan fingerprint density at radius 1 is 1.32 bits per heavy atom. The quantitative estimate of drug-likeness (QED) is 0.439. The van der Waals surface area contributed by atoms with E-state index in [4.69, 9.17) is 29.6 Å². The number of thiophene rings is 1. The Labute approximate surface area is 172 Å². The van der Waals surface area contributed by atoms with Gasteiger partial charge in [-0.05, 0) is 77.8 Å². The highest BCUT2D eigenvalue weighted by Crippen LogP contribution is 2.38. The highest BCUT2D eigenvalue weighted by atomic mass is 127. The van der Waals surface area contributed by atoms with Crippen molar-refractivity contribution in [3.8, 4) is 0 Å². The number of nitrogens with two attached hydrogens (primary N) is 1. The number of anilines is 1. The van der Waals surface area contributed by atoms with E-state index >= 15 is 0 Å². The van der Waals surface area contributed by atoms with Crippen molar-refractivity contribution in [1.82, 2.24) is 5.32 Å². The molecule has 0 spiro atoms. The van der Waals surface area contributed by atoms with Crippen LogP contribution in [-0.4, -0.2) is 16.9 Å². The summed E-state index contributed by atoms with van der Waals surface area (Å²) in [5, 5.41) is 6.54. The van der Waals surface area contributed by atoms with Crippen molar-refractivity contribution in [2.75, 3.05) is 5.32 Å². The summed E-state index contributed by atoms with van der Waals surface area (Å²) in [4.78, 5) is 25.3. The molecule has 0 aliphatic heterocycles. The molecular formula is C16H13ClIN3O2S2. The average molecular weight is 506 g/mol. The van der Waals surface area contributed by atoms with Crippen LogP contribution in [0.15, 0.2) is 18.2 Å². The van der Waals surface area contributed by atoms with Gasteiger partial charge in [0.15, 0.2) is 5.11 Å². The first-order valence-corrected chi connectivity index (χ1v) is 10.1. The number of fused-ring (bicyclic) bond motifs is 1. The van der Waals surface area contributed by atoms with Gasteiger partial charge < -0.3 is 11.1 Å². The van der Waals surface area contributed by atoms with Crippen LogP contribution in [0.25, 0.3) is 0 Å². The number of primary amides is 1. The van der Waals surface area contributed by atoms with Crippen LogP contribution in [0.5, 0.6) is 0 Å². The molecule has 3 rings (SSSR count). The maximum atomic E-state index is 12.4. The molecule has 0 atom stereocenters. The summed E-state index contributed by atoms with van der Waals surface area (Å²) in [7, 11) is 0. The first kappa shape index (κ1) is 18.6. The second kappa shape index (κ2) is 7.56. The number of carbonyl (C=O) groups excluding carboxylic acids is 2. The molecule has 4 N–H and O–H groups in total. The van der Waals surface area contributed by atoms with E-state index in [0.29, 0.717) is 21.2 Å². The van der Waals surface area contributed by atoms with Crippen molar-refractivity contribution in [1.29, 1.82) is 0 Å². The highest BCUT2D eigenvalue weighted by molar-refractivity contribution is 14.1. The molecule has 1 aromatic carbocycles. The molecule has 9 heteroatoms. The molecular weight excluding hydrogens is 493 g/mol. The molecule has 130 valence electrons. The summed E-state index contributed by atoms with van der Waals surface area (Å²) in [5.41, 5.74) is 7.32. The number of benzene rings is 1. The number of halogens is 2. The van der Waals surface area contributed by atoms with Crippen molar-refractivity contribution in [2.24, 2.45) is 5.73 Å². The summed E-state index contributed by atoms with van der Waals surface area (Å²) < 4.78 is 0.886. The van der Waals surface area contributed by atoms with Crippen molar-refractivity contribution < 1.29 is 9.59 Å². The smallest absolute Gasteiger partial charge is 0.258 e. The second-order valence-corrected chi connectivity index (χ2v) is 8.62. The molecule has 0 bridgehead atoms. The molecule has 2 amide bonds. The summed E-state index contributed by atoms with van der Waals surface area (Å²) in [6.07, 6.45) is 2.79. The Hall–Kier alpha value is -1.23. The van der Waals surface area contributed by atoms with Gasteiger partial charge in [0.1, 0.15) is 5.00 Å². The fourth-order valence-electron chi connectivity index (χ4n) is 2.73. The maximum Gasteiger partial charge on any atom is 0.258 e. The lowest BCUT2D eigenvalue weighted by Gasteiger charge is -2.11. The number of hydrogen-bond donors (Lipinski definition) is 3. The fraction of sp³-hybridized carbons (Fsp3) is 0.188. The number of nitrogens with one attached hydrogen (secondary N) is 2. The topological polar surface area (TPSA) is 84.2 Å². The normalized spacial score (nSPS) is 12.6. The van der Waals surface area contributed by atoms with Crippen molar-refractivity contribution in [2.45, 2.75) is 19.3 Å². The zero-order chi connectivity index (χ0) is 18.1. The Bertz CT molecular complexity index is 898. The number of rotatable bonds is 3. The lowest BCUT2D eigenvalue weighted by molar-refractivity contribution is 0.0975. The third-order valence-corrected chi connectivity index (χ3v) is 6.21. The Kier molecular flexibility index (Phi) is 5.62. The van der Waals surface area contributed by atoms with Crippen molar-refractivity contribution in [3.05, 3.63) is 48.4 Å². The number of thiocarbonyl (C=S) groups is 1. The summed E-state index contributed by atoms with van der Waals surface area (Å²) >= 11 is 14.8. The van der Waals surface area contributed by atoms with Crippen molar-refractivity contribution in [3.63, 3.8) is 0 Å². The van der Waals surface area contributed by atoms with E-state index in [1.165, 1.54) is 11.3 Å². The van der Waals surface area contributed by atoms with E-state index in [1.807, 2.05) is 6.07 Å². The molecule has 1 heterocycles. The van der Waals surface area contributed by atoms with E-state index in [0.717, 1.165) is 33.3 Å². The van der Waals surface area contributed by atoms with E-state index < -0.39 is 11.8 Å². The third kappa shape index (κ3) is 3.97. The first-order valence-electron chi connectivity index (χ1n) is 7.38. The molecule has 1 aromatic heterocycles. The van der Waals surface area contributed by atoms with Gasteiger partial charge in [0.05, 0.1) is 16.1 Å². The van der Waals surface area contributed by atoms with Gasteiger partial charge in [-0.3, -0.25) is 14.9 Å². The Balaban J connectivity index is 1.76. The van der Waals surface area contributed by atoms with Gasteiger partial charge >= 0.3 is 0 Å². The highest BCUT2D eigenvalue weighted by Gasteiger charge is 2.26. The molecule has 5 nitrogen and oxygen atoms in total. The molecule has 1 aliphatic carbocycles. The van der Waals surface area contributed by atoms with Gasteiger partial charge in [-0.15, -0.1) is 11.3 Å². The zero-order valence-corrected chi connectivity index (χ0v) is 17.4. The number of aryl methyl sites for hydroxylation is 1. The Morgan fingerprint density at radius 2 is 2.08 bits per heavy atom. The van der Waals surface area contributed by atoms with Gasteiger partial charge in [0.25, 0.3) is 11.8 Å². The minimum Gasteiger partial charge on any atom is -0.365 e. The van der Waals surface area contributed by atoms with Crippen LogP contribution in [0.3, 0.4) is 0 Å². The molecule has 25 heavy (non-hydrogen) atoms. The van der Waals surface area contributed by atoms with Crippen LogP contribution in [0.4, 0.5) is 5.00 Å². The van der Waals surface area contributed by atoms with E-state index in [2.05, 4.69) is 33.2 Å². The monoisotopic (exact) mass is 505 g/mol. The van der Waals surface area contributed by atoms with Gasteiger partial charge in [0, 0.05) is 8.45 Å². The SMILES string of the molecule is NC(=O)c1c(NC(=S)NC(=O)c2cc(I)ccc2Cl)sc2c1CCC2. The molecule has 0 saturated carbocycles. The molecule has 0 unspecified atom stereocenters. The lowest BCUT2D eigenvalue weighted by Crippen LogP contribution is -2.34. The number of carbonyl (C=O) groups is 2. The first-order chi connectivity index (χ1) is 11.9. The van der Waals surface area contributed by atoms with Crippen LogP contribution >= 0.6 is 57.7 Å². The molecule has 0 fully saturated rings. The van der Waals surface area contributed by atoms with Gasteiger partial charge in [-0.2, -0.15) is 0 Å². The molecule has 1 aliphatic rings. The number of amides is 2. The van der Waals surface area contributed by atoms with Crippen molar-refractivity contribution >= 4 is 79.7 Å². The second-order valence-electron chi connectivity index (χ2n) is 5.46. The lowest BCUT2D eigenvalue weighted by atomic mass is 10.1. The van der Waals surface area contributed by atoms with E-state index in [-0.39, 0.29) is 5.11 Å². The maximum absolute atomic E-state index is 12.4. The predicted molar refractivity (Wildman–Crippen MR) is 113 cm³/mol. The van der Waals surface area contributed by atoms with Gasteiger partial charge in [-0.25, -0.2) is 0 Å². The summed E-state index contributed by atoms with van der Waals surface area (Å²) in [6, 6.07) is 5.14.